The molecule has 0 saturated heterocycles. The minimum atomic E-state index is -7.10. The summed E-state index contributed by atoms with van der Waals surface area (Å²) >= 11 is 0. The first kappa shape index (κ1) is 21.4. The summed E-state index contributed by atoms with van der Waals surface area (Å²) in [7, 11) is -14.0. The van der Waals surface area contributed by atoms with E-state index in [-0.39, 0.29) is 25.7 Å². The van der Waals surface area contributed by atoms with E-state index < -0.39 is 47.1 Å². The Balaban J connectivity index is 3.34. The van der Waals surface area contributed by atoms with Crippen LogP contribution in [0.2, 0.25) is 0 Å². The molecule has 0 atom stereocenters. The summed E-state index contributed by atoms with van der Waals surface area (Å²) in [6, 6.07) is -1.66. The van der Waals surface area contributed by atoms with Crippen LogP contribution < -0.4 is 0 Å². The van der Waals surface area contributed by atoms with Crippen LogP contribution in [0.15, 0.2) is 0 Å². The van der Waals surface area contributed by atoms with Gasteiger partial charge in [0, 0.05) is 6.04 Å². The highest BCUT2D eigenvalue weighted by Crippen LogP contribution is 2.51. The summed E-state index contributed by atoms with van der Waals surface area (Å²) in [5.74, 6) is -7.09. The number of hydroxylamine groups is 1. The van der Waals surface area contributed by atoms with Gasteiger partial charge in [0.15, 0.2) is 0 Å². The lowest BCUT2D eigenvalue weighted by atomic mass is 9.96. The van der Waals surface area contributed by atoms with E-state index in [0.29, 0.717) is 6.42 Å². The van der Waals surface area contributed by atoms with E-state index in [1.807, 2.05) is 0 Å². The van der Waals surface area contributed by atoms with Crippen molar-refractivity contribution in [3.8, 4) is 0 Å². The van der Waals surface area contributed by atoms with E-state index in [1.54, 1.807) is 0 Å². The van der Waals surface area contributed by atoms with Crippen LogP contribution in [0.5, 0.6) is 0 Å². The van der Waals surface area contributed by atoms with Crippen molar-refractivity contribution in [2.24, 2.45) is 0 Å². The Hall–Kier alpha value is -0.640. The highest BCUT2D eigenvalue weighted by atomic mass is 32.2. The van der Waals surface area contributed by atoms with E-state index in [1.165, 1.54) is 0 Å². The van der Waals surface area contributed by atoms with E-state index >= 15 is 0 Å². The molecular formula is C9H12F6NO6S2-. The van der Waals surface area contributed by atoms with Gasteiger partial charge in [0.25, 0.3) is 10.0 Å². The SMILES string of the molecule is O=S(=O)(O)C(F)(F)C(F)(F)C(F)(F)S(=O)(=O)N([O-])C1CCCCC1. The molecule has 1 aliphatic rings. The van der Waals surface area contributed by atoms with Gasteiger partial charge in [0.2, 0.25) is 0 Å². The first-order valence-electron chi connectivity index (χ1n) is 6.33. The third-order valence-corrected chi connectivity index (χ3v) is 6.07. The summed E-state index contributed by atoms with van der Waals surface area (Å²) in [4.78, 5) is 0. The van der Waals surface area contributed by atoms with Crippen LogP contribution in [-0.4, -0.2) is 48.3 Å². The fourth-order valence-electron chi connectivity index (χ4n) is 2.09. The van der Waals surface area contributed by atoms with Crippen molar-refractivity contribution in [2.75, 3.05) is 0 Å². The Morgan fingerprint density at radius 1 is 0.875 bits per heavy atom. The number of sulfonamides is 1. The zero-order valence-electron chi connectivity index (χ0n) is 11.6. The molecule has 144 valence electrons. The molecule has 7 nitrogen and oxygen atoms in total. The molecule has 1 aliphatic carbocycles. The molecule has 0 bridgehead atoms. The van der Waals surface area contributed by atoms with Crippen molar-refractivity contribution in [2.45, 2.75) is 54.6 Å². The standard InChI is InChI=1S/C9H12F6NO6S2/c10-7(11,9(14,15)24(20,21)22)8(12,13)23(18,19)16(17)6-4-2-1-3-5-6/h6H,1-5H2,(H,20,21,22)/q-1. The number of halogens is 6. The van der Waals surface area contributed by atoms with Crippen molar-refractivity contribution >= 4 is 20.1 Å². The predicted molar refractivity (Wildman–Crippen MR) is 67.4 cm³/mol. The maximum absolute atomic E-state index is 13.6. The molecule has 1 rings (SSSR count). The zero-order chi connectivity index (χ0) is 19.2. The molecule has 1 saturated carbocycles. The molecule has 1 fully saturated rings. The quantitative estimate of drug-likeness (QED) is 0.409. The van der Waals surface area contributed by atoms with E-state index in [2.05, 4.69) is 0 Å². The van der Waals surface area contributed by atoms with Crippen LogP contribution >= 0.6 is 0 Å². The van der Waals surface area contributed by atoms with Crippen LogP contribution in [0.25, 0.3) is 0 Å². The molecular weight excluding hydrogens is 396 g/mol. The van der Waals surface area contributed by atoms with Crippen LogP contribution in [0.3, 0.4) is 0 Å². The lowest BCUT2D eigenvalue weighted by Gasteiger charge is -2.41. The molecule has 0 amide bonds. The van der Waals surface area contributed by atoms with Crippen molar-refractivity contribution < 1.29 is 47.7 Å². The third-order valence-electron chi connectivity index (χ3n) is 3.49. The van der Waals surface area contributed by atoms with Gasteiger partial charge in [-0.15, -0.1) is 0 Å². The van der Waals surface area contributed by atoms with Gasteiger partial charge in [-0.1, -0.05) is 19.3 Å². The summed E-state index contributed by atoms with van der Waals surface area (Å²) < 4.78 is 130. The molecule has 0 aromatic rings. The summed E-state index contributed by atoms with van der Waals surface area (Å²) in [5.41, 5.74) is 0. The number of alkyl halides is 6. The molecule has 0 aromatic carbocycles. The Morgan fingerprint density at radius 2 is 1.29 bits per heavy atom. The number of hydrogen-bond donors (Lipinski definition) is 1. The van der Waals surface area contributed by atoms with Crippen LogP contribution in [0.1, 0.15) is 32.1 Å². The molecule has 0 aliphatic heterocycles. The molecule has 0 unspecified atom stereocenters. The lowest BCUT2D eigenvalue weighted by Crippen LogP contribution is -2.63. The third kappa shape index (κ3) is 3.11. The maximum atomic E-state index is 13.6. The molecule has 1 N–H and O–H groups in total. The highest BCUT2D eigenvalue weighted by molar-refractivity contribution is 7.90. The van der Waals surface area contributed by atoms with Gasteiger partial charge in [0.05, 0.1) is 0 Å². The highest BCUT2D eigenvalue weighted by Gasteiger charge is 2.82. The first-order chi connectivity index (χ1) is 10.5. The van der Waals surface area contributed by atoms with Gasteiger partial charge < -0.3 is 5.21 Å². The van der Waals surface area contributed by atoms with E-state index in [9.17, 15) is 48.4 Å². The van der Waals surface area contributed by atoms with E-state index in [0.717, 1.165) is 0 Å². The number of rotatable bonds is 6. The summed E-state index contributed by atoms with van der Waals surface area (Å²) in [5, 5.41) is -2.07. The minimum absolute atomic E-state index is 0.224. The van der Waals surface area contributed by atoms with Gasteiger partial charge in [-0.25, -0.2) is 8.42 Å². The minimum Gasteiger partial charge on any atom is -0.772 e. The smallest absolute Gasteiger partial charge is 0.439 e. The van der Waals surface area contributed by atoms with E-state index in [4.69, 9.17) is 4.55 Å². The van der Waals surface area contributed by atoms with Gasteiger partial charge in [-0.2, -0.15) is 34.8 Å². The molecule has 0 heterocycles. The summed E-state index contributed by atoms with van der Waals surface area (Å²) in [6.07, 6.45) is 0.472. The van der Waals surface area contributed by atoms with Gasteiger partial charge in [-0.3, -0.25) is 9.02 Å². The first-order valence-corrected chi connectivity index (χ1v) is 9.21. The molecule has 15 heteroatoms. The van der Waals surface area contributed by atoms with Crippen molar-refractivity contribution in [1.82, 2.24) is 4.47 Å². The van der Waals surface area contributed by atoms with Crippen LogP contribution in [0.4, 0.5) is 26.3 Å². The largest absolute Gasteiger partial charge is 0.772 e. The second-order valence-corrected chi connectivity index (χ2v) is 8.42. The lowest BCUT2D eigenvalue weighted by molar-refractivity contribution is -0.246. The average Bonchev–Trinajstić information content (AvgIpc) is 2.45. The molecule has 0 radical (unpaired) electrons. The van der Waals surface area contributed by atoms with Crippen LogP contribution in [0, 0.1) is 5.21 Å². The Kier molecular flexibility index (Phi) is 5.59. The normalized spacial score (nSPS) is 19.7. The summed E-state index contributed by atoms with van der Waals surface area (Å²) in [6.45, 7) is 0. The maximum Gasteiger partial charge on any atom is 0.439 e. The second-order valence-electron chi connectivity index (χ2n) is 5.14. The second kappa shape index (κ2) is 6.26. The average molecular weight is 408 g/mol. The van der Waals surface area contributed by atoms with Gasteiger partial charge in [0.1, 0.15) is 0 Å². The Morgan fingerprint density at radius 3 is 1.67 bits per heavy atom. The Labute approximate surface area is 133 Å². The van der Waals surface area contributed by atoms with Crippen molar-refractivity contribution in [3.05, 3.63) is 5.21 Å². The topological polar surface area (TPSA) is 115 Å². The fourth-order valence-corrected chi connectivity index (χ4v) is 3.89. The Bertz CT molecular complexity index is 673. The molecule has 0 spiro atoms. The molecule has 24 heavy (non-hydrogen) atoms. The van der Waals surface area contributed by atoms with Gasteiger partial charge in [-0.05, 0) is 12.8 Å². The number of nitrogens with zero attached hydrogens (tertiary/aromatic N) is 1. The van der Waals surface area contributed by atoms with Gasteiger partial charge >= 0.3 is 26.5 Å². The molecule has 0 aromatic heterocycles. The monoisotopic (exact) mass is 408 g/mol. The fraction of sp³-hybridized carbons (Fsp3) is 1.00. The zero-order valence-corrected chi connectivity index (χ0v) is 13.3. The predicted octanol–water partition coefficient (Wildman–Crippen LogP) is 2.16. The van der Waals surface area contributed by atoms with Crippen molar-refractivity contribution in [1.29, 1.82) is 0 Å². The van der Waals surface area contributed by atoms with Crippen LogP contribution in [-0.2, 0) is 20.1 Å². The van der Waals surface area contributed by atoms with Crippen molar-refractivity contribution in [3.63, 3.8) is 0 Å². The number of hydrogen-bond acceptors (Lipinski definition) is 5.